The first-order valence-electron chi connectivity index (χ1n) is 18.3. The average molecular weight is 662 g/mol. The van der Waals surface area contributed by atoms with E-state index in [-0.39, 0.29) is 19.0 Å². The Hall–Kier alpha value is -6.13. The van der Waals surface area contributed by atoms with E-state index in [0.717, 1.165) is 16.5 Å². The van der Waals surface area contributed by atoms with E-state index >= 15 is 0 Å². The molecule has 4 aliphatic rings. The van der Waals surface area contributed by atoms with Crippen LogP contribution in [0.3, 0.4) is 0 Å². The fourth-order valence-electron chi connectivity index (χ4n) is 10.0. The van der Waals surface area contributed by atoms with E-state index in [0.29, 0.717) is 0 Å². The molecular formula is C46H32B2N4. The highest BCUT2D eigenvalue weighted by atomic mass is 15.2. The van der Waals surface area contributed by atoms with Crippen LogP contribution in [0.5, 0.6) is 0 Å². The largest absolute Gasteiger partial charge is 0.377 e. The van der Waals surface area contributed by atoms with Crippen molar-refractivity contribution < 1.29 is 0 Å². The molecule has 8 aromatic rings. The molecular weight excluding hydrogens is 630 g/mol. The molecule has 4 nitrogen and oxygen atoms in total. The Kier molecular flexibility index (Phi) is 5.38. The number of fused-ring (bicyclic) bond motifs is 14. The zero-order valence-corrected chi connectivity index (χ0v) is 29.2. The van der Waals surface area contributed by atoms with Crippen LogP contribution in [0.25, 0.3) is 43.8 Å². The van der Waals surface area contributed by atoms with E-state index < -0.39 is 0 Å². The maximum absolute atomic E-state index is 4.69. The first kappa shape index (κ1) is 28.6. The van der Waals surface area contributed by atoms with Gasteiger partial charge in [-0.15, -0.1) is 0 Å². The van der Waals surface area contributed by atoms with E-state index in [9.17, 15) is 0 Å². The zero-order valence-electron chi connectivity index (χ0n) is 29.2. The van der Waals surface area contributed by atoms with Crippen molar-refractivity contribution in [1.82, 2.24) is 9.97 Å². The molecule has 0 spiro atoms. The van der Waals surface area contributed by atoms with Crippen molar-refractivity contribution in [2.45, 2.75) is 26.2 Å². The highest BCUT2D eigenvalue weighted by Crippen LogP contribution is 2.52. The third kappa shape index (κ3) is 3.45. The summed E-state index contributed by atoms with van der Waals surface area (Å²) in [6.07, 6.45) is 7.97. The Morgan fingerprint density at radius 3 is 1.90 bits per heavy atom. The second-order valence-electron chi connectivity index (χ2n) is 15.8. The van der Waals surface area contributed by atoms with Gasteiger partial charge in [0.25, 0.3) is 6.71 Å². The van der Waals surface area contributed by atoms with Crippen molar-refractivity contribution >= 4 is 90.9 Å². The molecule has 0 bridgehead atoms. The van der Waals surface area contributed by atoms with E-state index in [1.54, 1.807) is 0 Å². The molecule has 0 unspecified atom stereocenters. The third-order valence-corrected chi connectivity index (χ3v) is 12.1. The van der Waals surface area contributed by atoms with Crippen LogP contribution in [0.2, 0.25) is 0 Å². The van der Waals surface area contributed by atoms with Gasteiger partial charge in [0.1, 0.15) is 0 Å². The monoisotopic (exact) mass is 662 g/mol. The molecule has 6 heterocycles. The molecule has 0 fully saturated rings. The van der Waals surface area contributed by atoms with Gasteiger partial charge in [-0.05, 0) is 91.2 Å². The van der Waals surface area contributed by atoms with Crippen LogP contribution in [0.1, 0.15) is 26.3 Å². The lowest BCUT2D eigenvalue weighted by atomic mass is 9.30. The van der Waals surface area contributed by atoms with Crippen molar-refractivity contribution in [2.24, 2.45) is 0 Å². The van der Waals surface area contributed by atoms with Crippen LogP contribution in [0.4, 0.5) is 28.4 Å². The Morgan fingerprint density at radius 1 is 0.519 bits per heavy atom. The number of nitrogens with zero attached hydrogens (tertiary/aromatic N) is 4. The molecule has 0 amide bonds. The van der Waals surface area contributed by atoms with Crippen molar-refractivity contribution in [3.8, 4) is 22.3 Å². The molecule has 242 valence electrons. The molecule has 12 rings (SSSR count). The summed E-state index contributed by atoms with van der Waals surface area (Å²) in [7, 11) is 0. The second-order valence-corrected chi connectivity index (χ2v) is 15.8. The lowest BCUT2D eigenvalue weighted by Crippen LogP contribution is -2.69. The van der Waals surface area contributed by atoms with Gasteiger partial charge in [-0.25, -0.2) is 0 Å². The predicted molar refractivity (Wildman–Crippen MR) is 220 cm³/mol. The van der Waals surface area contributed by atoms with Gasteiger partial charge >= 0.3 is 6.85 Å². The summed E-state index contributed by atoms with van der Waals surface area (Å²) >= 11 is 0. The highest BCUT2D eigenvalue weighted by molar-refractivity contribution is 7.04. The molecule has 0 radical (unpaired) electrons. The molecule has 6 heteroatoms. The van der Waals surface area contributed by atoms with Gasteiger partial charge in [-0.1, -0.05) is 99.6 Å². The standard InChI is InChI=1S/C46H32B2N4/c1-46(2,3)27-23-34-30-14-8-10-16-38(30)48-37-15-9-7-13-29(37)32-17-18-40-42-45(32)52(48)43(34)39(24-27)47(42)41-31-19-21-49-25-35(31)36-26-50-22-20-33(36)44(41)51(40)28-11-5-4-6-12-28/h4-26H,1-3H3. The van der Waals surface area contributed by atoms with Gasteiger partial charge in [0.05, 0.1) is 5.69 Å². The van der Waals surface area contributed by atoms with Gasteiger partial charge in [0, 0.05) is 74.8 Å². The number of aromatic nitrogens is 2. The second kappa shape index (κ2) is 9.80. The predicted octanol–water partition coefficient (Wildman–Crippen LogP) is 7.60. The zero-order chi connectivity index (χ0) is 34.5. The fraction of sp³-hybridized carbons (Fsp3) is 0.0870. The molecule has 0 N–H and O–H groups in total. The SMILES string of the molecule is CC(C)(C)c1cc2c3c(c1)-c1ccccc1B1c4ccccc4-c4ccc5c(c4N13)B2c1c(c2ccncc2c2cnccc12)N5c1ccccc1. The molecule has 0 atom stereocenters. The van der Waals surface area contributed by atoms with Gasteiger partial charge in [0.2, 0.25) is 0 Å². The van der Waals surface area contributed by atoms with E-state index in [1.165, 1.54) is 88.7 Å². The van der Waals surface area contributed by atoms with Crippen molar-refractivity contribution in [3.05, 3.63) is 146 Å². The van der Waals surface area contributed by atoms with E-state index in [1.807, 2.05) is 24.8 Å². The van der Waals surface area contributed by atoms with Gasteiger partial charge in [-0.3, -0.25) is 9.97 Å². The summed E-state index contributed by atoms with van der Waals surface area (Å²) in [5, 5.41) is 4.68. The minimum absolute atomic E-state index is 0.00847. The van der Waals surface area contributed by atoms with Crippen LogP contribution < -0.4 is 37.0 Å². The van der Waals surface area contributed by atoms with E-state index in [2.05, 4.69) is 156 Å². The highest BCUT2D eigenvalue weighted by Gasteiger charge is 2.52. The van der Waals surface area contributed by atoms with Crippen molar-refractivity contribution in [3.63, 3.8) is 0 Å². The molecule has 0 saturated heterocycles. The van der Waals surface area contributed by atoms with E-state index in [4.69, 9.17) is 0 Å². The summed E-state index contributed by atoms with van der Waals surface area (Å²) in [6, 6.07) is 43.5. The molecule has 2 aromatic heterocycles. The number of benzene rings is 6. The minimum atomic E-state index is -0.0502. The maximum atomic E-state index is 4.69. The Labute approximate surface area is 303 Å². The van der Waals surface area contributed by atoms with Crippen molar-refractivity contribution in [2.75, 3.05) is 9.71 Å². The van der Waals surface area contributed by atoms with Crippen LogP contribution in [0.15, 0.2) is 140 Å². The molecule has 0 aliphatic carbocycles. The number of anilines is 5. The third-order valence-electron chi connectivity index (χ3n) is 12.1. The van der Waals surface area contributed by atoms with Crippen LogP contribution >= 0.6 is 0 Å². The van der Waals surface area contributed by atoms with Crippen molar-refractivity contribution in [1.29, 1.82) is 0 Å². The Balaban J connectivity index is 1.34. The topological polar surface area (TPSA) is 32.3 Å². The van der Waals surface area contributed by atoms with Gasteiger partial charge < -0.3 is 9.71 Å². The number of rotatable bonds is 1. The number of hydrogen-bond donors (Lipinski definition) is 0. The fourth-order valence-corrected chi connectivity index (χ4v) is 10.0. The first-order valence-corrected chi connectivity index (χ1v) is 18.3. The Bertz CT molecular complexity index is 2880. The summed E-state index contributed by atoms with van der Waals surface area (Å²) in [4.78, 5) is 14.6. The van der Waals surface area contributed by atoms with Crippen LogP contribution in [-0.2, 0) is 5.41 Å². The first-order chi connectivity index (χ1) is 25.5. The molecule has 4 aliphatic heterocycles. The maximum Gasteiger partial charge on any atom is 0.329 e. The summed E-state index contributed by atoms with van der Waals surface area (Å²) in [6.45, 7) is 7.11. The van der Waals surface area contributed by atoms with Crippen LogP contribution in [-0.4, -0.2) is 23.5 Å². The summed E-state index contributed by atoms with van der Waals surface area (Å²) < 4.78 is 0. The number of hydrogen-bond acceptors (Lipinski definition) is 4. The molecule has 0 saturated carbocycles. The molecule has 52 heavy (non-hydrogen) atoms. The number of para-hydroxylation sites is 1. The lowest BCUT2D eigenvalue weighted by molar-refractivity contribution is 0.591. The smallest absolute Gasteiger partial charge is 0.329 e. The normalized spacial score (nSPS) is 14.3. The Morgan fingerprint density at radius 2 is 1.17 bits per heavy atom. The minimum Gasteiger partial charge on any atom is -0.377 e. The van der Waals surface area contributed by atoms with Gasteiger partial charge in [-0.2, -0.15) is 0 Å². The van der Waals surface area contributed by atoms with Crippen LogP contribution in [0, 0.1) is 0 Å². The van der Waals surface area contributed by atoms with Gasteiger partial charge in [0.15, 0.2) is 0 Å². The average Bonchev–Trinajstić information content (AvgIpc) is 3.19. The number of pyridine rings is 2. The molecule has 6 aromatic carbocycles. The lowest BCUT2D eigenvalue weighted by Gasteiger charge is -2.52. The summed E-state index contributed by atoms with van der Waals surface area (Å²) in [5.41, 5.74) is 19.7. The quantitative estimate of drug-likeness (QED) is 0.134. The summed E-state index contributed by atoms with van der Waals surface area (Å²) in [5.74, 6) is 0.